The van der Waals surface area contributed by atoms with Crippen LogP contribution in [0.3, 0.4) is 0 Å². The van der Waals surface area contributed by atoms with Crippen molar-refractivity contribution in [3.63, 3.8) is 0 Å². The highest BCUT2D eigenvalue weighted by atomic mass is 35.5. The molecule has 1 atom stereocenters. The fraction of sp³-hybridized carbons (Fsp3) is 0.300. The predicted molar refractivity (Wildman–Crippen MR) is 63.4 cm³/mol. The fourth-order valence-electron chi connectivity index (χ4n) is 1.26. The van der Waals surface area contributed by atoms with Crippen LogP contribution in [0.4, 0.5) is 11.4 Å². The van der Waals surface area contributed by atoms with Crippen molar-refractivity contribution in [3.05, 3.63) is 33.3 Å². The predicted octanol–water partition coefficient (Wildman–Crippen LogP) is 2.52. The first-order chi connectivity index (χ1) is 7.95. The standard InChI is InChI=1S/C10H11ClN2O4/c1-2-8(10(14)15)12-9-4-3-6(13(16)17)5-7(9)11/h3-5,8,12H,2H2,1H3,(H,14,15). The Morgan fingerprint density at radius 2 is 2.29 bits per heavy atom. The molecule has 0 amide bonds. The Hall–Kier alpha value is -1.82. The number of nitrogens with one attached hydrogen (secondary N) is 1. The Morgan fingerprint density at radius 1 is 1.65 bits per heavy atom. The Balaban J connectivity index is 2.93. The molecule has 0 saturated heterocycles. The molecule has 92 valence electrons. The zero-order valence-corrected chi connectivity index (χ0v) is 9.77. The molecule has 17 heavy (non-hydrogen) atoms. The maximum atomic E-state index is 10.8. The van der Waals surface area contributed by atoms with E-state index in [1.165, 1.54) is 18.2 Å². The van der Waals surface area contributed by atoms with E-state index < -0.39 is 16.9 Å². The summed E-state index contributed by atoms with van der Waals surface area (Å²) in [4.78, 5) is 20.7. The summed E-state index contributed by atoms with van der Waals surface area (Å²) < 4.78 is 0. The van der Waals surface area contributed by atoms with E-state index in [4.69, 9.17) is 16.7 Å². The summed E-state index contributed by atoms with van der Waals surface area (Å²) in [6.45, 7) is 1.71. The molecule has 0 aliphatic rings. The van der Waals surface area contributed by atoms with Gasteiger partial charge in [0.2, 0.25) is 0 Å². The van der Waals surface area contributed by atoms with Crippen molar-refractivity contribution in [2.45, 2.75) is 19.4 Å². The third-order valence-corrected chi connectivity index (χ3v) is 2.51. The average Bonchev–Trinajstić information content (AvgIpc) is 2.26. The van der Waals surface area contributed by atoms with Gasteiger partial charge in [-0.3, -0.25) is 10.1 Å². The lowest BCUT2D eigenvalue weighted by Gasteiger charge is -2.14. The van der Waals surface area contributed by atoms with E-state index in [9.17, 15) is 14.9 Å². The van der Waals surface area contributed by atoms with Crippen LogP contribution in [-0.2, 0) is 4.79 Å². The first-order valence-corrected chi connectivity index (χ1v) is 5.26. The molecular weight excluding hydrogens is 248 g/mol. The first kappa shape index (κ1) is 13.2. The van der Waals surface area contributed by atoms with E-state index in [0.717, 1.165) is 0 Å². The third kappa shape index (κ3) is 3.32. The van der Waals surface area contributed by atoms with Crippen LogP contribution in [0, 0.1) is 10.1 Å². The number of rotatable bonds is 5. The quantitative estimate of drug-likeness (QED) is 0.625. The van der Waals surface area contributed by atoms with Gasteiger partial charge in [-0.25, -0.2) is 4.79 Å². The lowest BCUT2D eigenvalue weighted by molar-refractivity contribution is -0.384. The van der Waals surface area contributed by atoms with Crippen molar-refractivity contribution in [3.8, 4) is 0 Å². The molecule has 0 bridgehead atoms. The summed E-state index contributed by atoms with van der Waals surface area (Å²) in [5.74, 6) is -0.998. The molecule has 7 heteroatoms. The molecule has 0 aromatic heterocycles. The van der Waals surface area contributed by atoms with E-state index in [1.54, 1.807) is 6.92 Å². The van der Waals surface area contributed by atoms with Crippen molar-refractivity contribution in [1.82, 2.24) is 0 Å². The highest BCUT2D eigenvalue weighted by Crippen LogP contribution is 2.27. The summed E-state index contributed by atoms with van der Waals surface area (Å²) in [6.07, 6.45) is 0.378. The average molecular weight is 259 g/mol. The highest BCUT2D eigenvalue weighted by molar-refractivity contribution is 6.33. The number of nitrogens with zero attached hydrogens (tertiary/aromatic N) is 1. The number of hydrogen-bond donors (Lipinski definition) is 2. The number of nitro groups is 1. The second-order valence-electron chi connectivity index (χ2n) is 3.36. The lowest BCUT2D eigenvalue weighted by atomic mass is 10.2. The summed E-state index contributed by atoms with van der Waals surface area (Å²) >= 11 is 5.82. The summed E-state index contributed by atoms with van der Waals surface area (Å²) in [7, 11) is 0. The zero-order valence-electron chi connectivity index (χ0n) is 9.01. The summed E-state index contributed by atoms with van der Waals surface area (Å²) in [5, 5.41) is 22.2. The van der Waals surface area contributed by atoms with E-state index in [1.807, 2.05) is 0 Å². The van der Waals surface area contributed by atoms with Gasteiger partial charge in [0.05, 0.1) is 15.6 Å². The van der Waals surface area contributed by atoms with Crippen molar-refractivity contribution in [2.75, 3.05) is 5.32 Å². The molecule has 1 unspecified atom stereocenters. The molecule has 0 spiro atoms. The lowest BCUT2D eigenvalue weighted by Crippen LogP contribution is -2.28. The van der Waals surface area contributed by atoms with Crippen molar-refractivity contribution in [2.24, 2.45) is 0 Å². The molecular formula is C10H11ClN2O4. The first-order valence-electron chi connectivity index (χ1n) is 4.89. The molecule has 0 saturated carbocycles. The second-order valence-corrected chi connectivity index (χ2v) is 3.77. The van der Waals surface area contributed by atoms with Crippen LogP contribution in [-0.4, -0.2) is 22.0 Å². The van der Waals surface area contributed by atoms with Gasteiger partial charge in [-0.15, -0.1) is 0 Å². The van der Waals surface area contributed by atoms with Gasteiger partial charge in [-0.05, 0) is 12.5 Å². The second kappa shape index (κ2) is 5.49. The molecule has 0 radical (unpaired) electrons. The van der Waals surface area contributed by atoms with Gasteiger partial charge in [0.15, 0.2) is 0 Å². The number of hydrogen-bond acceptors (Lipinski definition) is 4. The van der Waals surface area contributed by atoms with Gasteiger partial charge in [-0.1, -0.05) is 18.5 Å². The van der Waals surface area contributed by atoms with Gasteiger partial charge in [0.25, 0.3) is 5.69 Å². The van der Waals surface area contributed by atoms with Crippen molar-refractivity contribution < 1.29 is 14.8 Å². The molecule has 0 heterocycles. The number of carboxylic acids is 1. The molecule has 0 aliphatic heterocycles. The van der Waals surface area contributed by atoms with E-state index in [0.29, 0.717) is 12.1 Å². The minimum absolute atomic E-state index is 0.124. The van der Waals surface area contributed by atoms with Gasteiger partial charge >= 0.3 is 5.97 Å². The molecule has 2 N–H and O–H groups in total. The normalized spacial score (nSPS) is 11.9. The number of aliphatic carboxylic acids is 1. The smallest absolute Gasteiger partial charge is 0.326 e. The maximum Gasteiger partial charge on any atom is 0.326 e. The Morgan fingerprint density at radius 3 is 2.71 bits per heavy atom. The summed E-state index contributed by atoms with van der Waals surface area (Å²) in [6, 6.07) is 3.07. The number of halogens is 1. The molecule has 1 rings (SSSR count). The molecule has 1 aromatic rings. The molecule has 1 aromatic carbocycles. The number of carbonyl (C=O) groups is 1. The van der Waals surface area contributed by atoms with Crippen LogP contribution < -0.4 is 5.32 Å². The van der Waals surface area contributed by atoms with E-state index in [2.05, 4.69) is 5.32 Å². The number of anilines is 1. The van der Waals surface area contributed by atoms with Crippen LogP contribution >= 0.6 is 11.6 Å². The number of carboxylic acid groups (broad SMARTS) is 1. The number of nitro benzene ring substituents is 1. The van der Waals surface area contributed by atoms with Crippen LogP contribution in [0.25, 0.3) is 0 Å². The van der Waals surface area contributed by atoms with Crippen LogP contribution in [0.5, 0.6) is 0 Å². The van der Waals surface area contributed by atoms with Gasteiger partial charge < -0.3 is 10.4 Å². The fourth-order valence-corrected chi connectivity index (χ4v) is 1.49. The highest BCUT2D eigenvalue weighted by Gasteiger charge is 2.17. The van der Waals surface area contributed by atoms with E-state index >= 15 is 0 Å². The van der Waals surface area contributed by atoms with Crippen LogP contribution in [0.1, 0.15) is 13.3 Å². The monoisotopic (exact) mass is 258 g/mol. The Labute approximate surface area is 102 Å². The number of benzene rings is 1. The summed E-state index contributed by atoms with van der Waals surface area (Å²) in [5.41, 5.74) is 0.232. The minimum Gasteiger partial charge on any atom is -0.480 e. The third-order valence-electron chi connectivity index (χ3n) is 2.20. The SMILES string of the molecule is CCC(Nc1ccc([N+](=O)[O-])cc1Cl)C(=O)O. The molecule has 0 fully saturated rings. The van der Waals surface area contributed by atoms with Gasteiger partial charge in [0.1, 0.15) is 6.04 Å². The van der Waals surface area contributed by atoms with E-state index in [-0.39, 0.29) is 10.7 Å². The molecule has 6 nitrogen and oxygen atoms in total. The van der Waals surface area contributed by atoms with Crippen LogP contribution in [0.2, 0.25) is 5.02 Å². The topological polar surface area (TPSA) is 92.5 Å². The molecule has 0 aliphatic carbocycles. The van der Waals surface area contributed by atoms with Gasteiger partial charge in [-0.2, -0.15) is 0 Å². The van der Waals surface area contributed by atoms with Crippen molar-refractivity contribution >= 4 is 28.9 Å². The van der Waals surface area contributed by atoms with Crippen molar-refractivity contribution in [1.29, 1.82) is 0 Å². The Kier molecular flexibility index (Phi) is 4.28. The number of non-ortho nitro benzene ring substituents is 1. The van der Waals surface area contributed by atoms with Crippen LogP contribution in [0.15, 0.2) is 18.2 Å². The maximum absolute atomic E-state index is 10.8. The largest absolute Gasteiger partial charge is 0.480 e. The Bertz CT molecular complexity index is 450. The van der Waals surface area contributed by atoms with Gasteiger partial charge in [0, 0.05) is 12.1 Å². The minimum atomic E-state index is -0.998. The zero-order chi connectivity index (χ0) is 13.0.